The van der Waals surface area contributed by atoms with E-state index >= 15 is 0 Å². The number of nitrogens with two attached hydrogens (primary N) is 1. The smallest absolute Gasteiger partial charge is 0.179 e. The second kappa shape index (κ2) is 6.05. The average Bonchev–Trinajstić information content (AvgIpc) is 2.95. The van der Waals surface area contributed by atoms with E-state index in [0.29, 0.717) is 0 Å². The minimum atomic E-state index is 0.0864. The zero-order chi connectivity index (χ0) is 14.8. The van der Waals surface area contributed by atoms with Crippen LogP contribution in [0.5, 0.6) is 0 Å². The Morgan fingerprint density at radius 1 is 1.10 bits per heavy atom. The predicted molar refractivity (Wildman–Crippen MR) is 90.8 cm³/mol. The third-order valence-electron chi connectivity index (χ3n) is 2.93. The molecule has 0 fully saturated rings. The van der Waals surface area contributed by atoms with Gasteiger partial charge in [0, 0.05) is 10.5 Å². The van der Waals surface area contributed by atoms with Crippen LogP contribution < -0.4 is 5.73 Å². The van der Waals surface area contributed by atoms with Crippen molar-refractivity contribution in [2.75, 3.05) is 6.26 Å². The van der Waals surface area contributed by atoms with Crippen LogP contribution in [-0.4, -0.2) is 22.3 Å². The zero-order valence-corrected chi connectivity index (χ0v) is 13.6. The molecule has 0 saturated heterocycles. The minimum Gasteiger partial charge on any atom is -0.384 e. The predicted octanol–water partition coefficient (Wildman–Crippen LogP) is 3.85. The number of nitrogen functional groups attached to an aromatic ring is 1. The van der Waals surface area contributed by atoms with Crippen molar-refractivity contribution in [1.82, 2.24) is 10.2 Å². The lowest BCUT2D eigenvalue weighted by Crippen LogP contribution is -2.11. The quantitative estimate of drug-likeness (QED) is 0.431. The van der Waals surface area contributed by atoms with Gasteiger partial charge in [0.1, 0.15) is 5.84 Å². The zero-order valence-electron chi connectivity index (χ0n) is 11.2. The maximum Gasteiger partial charge on any atom is 0.179 e. The van der Waals surface area contributed by atoms with E-state index in [1.165, 1.54) is 0 Å². The Bertz CT molecular complexity index is 813. The summed E-state index contributed by atoms with van der Waals surface area (Å²) in [6.07, 6.45) is 1.99. The van der Waals surface area contributed by atoms with E-state index in [9.17, 15) is 0 Å². The van der Waals surface area contributed by atoms with Crippen LogP contribution in [0.1, 0.15) is 5.56 Å². The van der Waals surface area contributed by atoms with Crippen LogP contribution >= 0.6 is 34.9 Å². The van der Waals surface area contributed by atoms with Crippen molar-refractivity contribution in [2.45, 2.75) is 13.6 Å². The maximum atomic E-state index is 7.69. The van der Waals surface area contributed by atoms with Crippen molar-refractivity contribution in [3.05, 3.63) is 42.0 Å². The molecular formula is C14H12N4S3. The number of hydrogen-bond acceptors (Lipinski definition) is 6. The molecule has 21 heavy (non-hydrogen) atoms. The molecule has 106 valence electrons. The largest absolute Gasteiger partial charge is 0.384 e. The van der Waals surface area contributed by atoms with E-state index in [2.05, 4.69) is 10.2 Å². The van der Waals surface area contributed by atoms with Gasteiger partial charge in [-0.2, -0.15) is 0 Å². The number of fused-ring (bicyclic) bond motifs is 1. The first-order valence-corrected chi connectivity index (χ1v) is 8.96. The summed E-state index contributed by atoms with van der Waals surface area (Å²) in [5.41, 5.74) is 6.42. The minimum absolute atomic E-state index is 0.0864. The van der Waals surface area contributed by atoms with E-state index in [0.717, 1.165) is 29.9 Å². The van der Waals surface area contributed by atoms with Crippen LogP contribution in [0.25, 0.3) is 10.8 Å². The molecule has 7 heteroatoms. The van der Waals surface area contributed by atoms with E-state index in [-0.39, 0.29) is 5.84 Å². The lowest BCUT2D eigenvalue weighted by Gasteiger charge is -2.08. The Morgan fingerprint density at radius 2 is 1.81 bits per heavy atom. The number of rotatable bonds is 4. The van der Waals surface area contributed by atoms with Gasteiger partial charge in [0.25, 0.3) is 0 Å². The summed E-state index contributed by atoms with van der Waals surface area (Å²) in [6, 6.07) is 11.9. The van der Waals surface area contributed by atoms with Gasteiger partial charge in [0.2, 0.25) is 0 Å². The molecule has 3 N–H and O–H groups in total. The highest BCUT2D eigenvalue weighted by atomic mass is 32.2. The Kier molecular flexibility index (Phi) is 4.14. The van der Waals surface area contributed by atoms with Gasteiger partial charge in [0.05, 0.1) is 0 Å². The molecule has 0 unspecified atom stereocenters. The molecule has 0 spiro atoms. The lowest BCUT2D eigenvalue weighted by atomic mass is 10.0. The fourth-order valence-corrected chi connectivity index (χ4v) is 4.54. The molecule has 0 saturated carbocycles. The Hall–Kier alpha value is -1.57. The number of aromatic nitrogens is 2. The maximum absolute atomic E-state index is 7.69. The summed E-state index contributed by atoms with van der Waals surface area (Å²) in [5.74, 6) is 0.0864. The molecular weight excluding hydrogens is 320 g/mol. The van der Waals surface area contributed by atoms with Gasteiger partial charge >= 0.3 is 0 Å². The molecule has 0 radical (unpaired) electrons. The fourth-order valence-electron chi connectivity index (χ4n) is 2.01. The number of nitrogens with zero attached hydrogens (tertiary/aromatic N) is 2. The molecule has 3 rings (SSSR count). The van der Waals surface area contributed by atoms with Crippen molar-refractivity contribution >= 4 is 51.5 Å². The van der Waals surface area contributed by atoms with Crippen molar-refractivity contribution in [3.8, 4) is 0 Å². The average molecular weight is 332 g/mol. The summed E-state index contributed by atoms with van der Waals surface area (Å²) in [4.78, 5) is 1.10. The first-order chi connectivity index (χ1) is 10.2. The molecule has 0 amide bonds. The third-order valence-corrected chi connectivity index (χ3v) is 5.96. The highest BCUT2D eigenvalue weighted by molar-refractivity contribution is 8.03. The SMILES string of the molecule is CSc1nnc(Sc2ccc(C(=N)N)c3ccccc23)s1. The number of amidine groups is 1. The summed E-state index contributed by atoms with van der Waals surface area (Å²) < 4.78 is 1.88. The van der Waals surface area contributed by atoms with Gasteiger partial charge in [-0.3, -0.25) is 5.41 Å². The topological polar surface area (TPSA) is 75.7 Å². The Labute approximate surface area is 134 Å². The molecule has 4 nitrogen and oxygen atoms in total. The molecule has 2 aromatic carbocycles. The van der Waals surface area contributed by atoms with E-state index in [1.54, 1.807) is 34.9 Å². The third kappa shape index (κ3) is 2.90. The Morgan fingerprint density at radius 3 is 2.48 bits per heavy atom. The van der Waals surface area contributed by atoms with Crippen LogP contribution in [0.15, 0.2) is 50.0 Å². The molecule has 0 aliphatic rings. The standard InChI is InChI=1S/C14H12N4S3/c1-19-13-17-18-14(21-13)20-11-7-6-10(12(15)16)8-4-2-3-5-9(8)11/h2-7H,1H3,(H3,15,16). The van der Waals surface area contributed by atoms with Gasteiger partial charge in [0.15, 0.2) is 8.68 Å². The van der Waals surface area contributed by atoms with Gasteiger partial charge in [-0.15, -0.1) is 10.2 Å². The van der Waals surface area contributed by atoms with Crippen LogP contribution in [-0.2, 0) is 0 Å². The molecule has 0 aliphatic carbocycles. The van der Waals surface area contributed by atoms with Crippen molar-refractivity contribution in [3.63, 3.8) is 0 Å². The summed E-state index contributed by atoms with van der Waals surface area (Å²) >= 11 is 4.77. The summed E-state index contributed by atoms with van der Waals surface area (Å²) in [5, 5.41) is 18.1. The van der Waals surface area contributed by atoms with E-state index < -0.39 is 0 Å². The highest BCUT2D eigenvalue weighted by Gasteiger charge is 2.11. The summed E-state index contributed by atoms with van der Waals surface area (Å²) in [7, 11) is 0. The van der Waals surface area contributed by atoms with Gasteiger partial charge in [-0.05, 0) is 29.2 Å². The molecule has 3 aromatic rings. The van der Waals surface area contributed by atoms with Crippen molar-refractivity contribution in [1.29, 1.82) is 5.41 Å². The first kappa shape index (κ1) is 14.4. The molecule has 0 aliphatic heterocycles. The molecule has 1 aromatic heterocycles. The number of hydrogen-bond donors (Lipinski definition) is 2. The number of nitrogens with one attached hydrogen (secondary N) is 1. The molecule has 1 heterocycles. The Balaban J connectivity index is 2.07. The second-order valence-electron chi connectivity index (χ2n) is 4.21. The van der Waals surface area contributed by atoms with Gasteiger partial charge in [-0.1, -0.05) is 59.1 Å². The monoisotopic (exact) mass is 332 g/mol. The summed E-state index contributed by atoms with van der Waals surface area (Å²) in [6.45, 7) is 0. The van der Waals surface area contributed by atoms with Crippen LogP contribution in [0, 0.1) is 5.41 Å². The number of benzene rings is 2. The number of thioether (sulfide) groups is 1. The van der Waals surface area contributed by atoms with E-state index in [4.69, 9.17) is 11.1 Å². The van der Waals surface area contributed by atoms with Gasteiger partial charge in [-0.25, -0.2) is 0 Å². The molecule has 0 bridgehead atoms. The van der Waals surface area contributed by atoms with Crippen LogP contribution in [0.2, 0.25) is 0 Å². The van der Waals surface area contributed by atoms with E-state index in [1.807, 2.05) is 42.7 Å². The van der Waals surface area contributed by atoms with Gasteiger partial charge < -0.3 is 5.73 Å². The fraction of sp³-hybridized carbons (Fsp3) is 0.0714. The second-order valence-corrected chi connectivity index (χ2v) is 7.53. The van der Waals surface area contributed by atoms with Crippen LogP contribution in [0.4, 0.5) is 0 Å². The lowest BCUT2D eigenvalue weighted by molar-refractivity contribution is 0.956. The van der Waals surface area contributed by atoms with Crippen LogP contribution in [0.3, 0.4) is 0 Å². The highest BCUT2D eigenvalue weighted by Crippen LogP contribution is 2.37. The first-order valence-electron chi connectivity index (χ1n) is 6.10. The molecule has 0 atom stereocenters. The normalized spacial score (nSPS) is 10.9. The van der Waals surface area contributed by atoms with Crippen molar-refractivity contribution < 1.29 is 0 Å². The van der Waals surface area contributed by atoms with Crippen molar-refractivity contribution in [2.24, 2.45) is 5.73 Å².